The Morgan fingerprint density at radius 3 is 2.53 bits per heavy atom. The lowest BCUT2D eigenvalue weighted by molar-refractivity contribution is -0.117. The van der Waals surface area contributed by atoms with E-state index in [0.29, 0.717) is 42.5 Å². The zero-order valence-corrected chi connectivity index (χ0v) is 22.9. The van der Waals surface area contributed by atoms with E-state index in [2.05, 4.69) is 15.2 Å². The Kier molecular flexibility index (Phi) is 7.28. The Morgan fingerprint density at radius 2 is 1.87 bits per heavy atom. The van der Waals surface area contributed by atoms with Crippen LogP contribution < -0.4 is 9.64 Å². The number of ketones is 1. The van der Waals surface area contributed by atoms with Gasteiger partial charge in [-0.2, -0.15) is 0 Å². The number of amides is 1. The first-order valence-electron chi connectivity index (χ1n) is 11.4. The number of anilines is 1. The van der Waals surface area contributed by atoms with E-state index < -0.39 is 23.5 Å². The van der Waals surface area contributed by atoms with Crippen molar-refractivity contribution in [1.82, 2.24) is 15.2 Å². The van der Waals surface area contributed by atoms with Gasteiger partial charge < -0.3 is 9.84 Å². The molecule has 1 atom stereocenters. The molecule has 1 aliphatic rings. The molecule has 0 radical (unpaired) electrons. The molecule has 4 aromatic rings. The third-order valence-corrected chi connectivity index (χ3v) is 9.08. The highest BCUT2D eigenvalue weighted by Gasteiger charge is 2.46. The van der Waals surface area contributed by atoms with Crippen LogP contribution in [0.2, 0.25) is 0 Å². The number of thioether (sulfide) groups is 1. The predicted molar refractivity (Wildman–Crippen MR) is 145 cm³/mol. The topological polar surface area (TPSA) is 106 Å². The molecule has 0 spiro atoms. The predicted octanol–water partition coefficient (Wildman–Crippen LogP) is 5.83. The first-order valence-corrected chi connectivity index (χ1v) is 14.0. The fourth-order valence-corrected chi connectivity index (χ4v) is 6.84. The Bertz CT molecular complexity index is 1560. The van der Waals surface area contributed by atoms with Crippen LogP contribution in [0, 0.1) is 19.7 Å². The standard InChI is InChI=1S/C26H21FN4O4S3/c1-13-23(37-14(2)28-13)21(32)19-20(15-8-10-17(35-3)11-9-15)31(24(34)22(19)33)25-29-30-26(38-25)36-12-16-6-4-5-7-18(16)27/h4-11,20,33H,12H2,1-3H3. The average Bonchev–Trinajstić information content (AvgIpc) is 3.59. The summed E-state index contributed by atoms with van der Waals surface area (Å²) in [7, 11) is 1.54. The largest absolute Gasteiger partial charge is 0.503 e. The van der Waals surface area contributed by atoms with Crippen LogP contribution in [0.25, 0.3) is 0 Å². The number of halogens is 1. The summed E-state index contributed by atoms with van der Waals surface area (Å²) in [5.41, 5.74) is 1.58. The monoisotopic (exact) mass is 568 g/mol. The van der Waals surface area contributed by atoms with Crippen LogP contribution in [0.5, 0.6) is 5.75 Å². The van der Waals surface area contributed by atoms with Crippen LogP contribution >= 0.6 is 34.4 Å². The van der Waals surface area contributed by atoms with Crippen LogP contribution in [0.1, 0.15) is 37.5 Å². The molecule has 0 saturated carbocycles. The summed E-state index contributed by atoms with van der Waals surface area (Å²) in [4.78, 5) is 33.0. The second-order valence-corrected chi connectivity index (χ2v) is 11.7. The number of benzene rings is 2. The van der Waals surface area contributed by atoms with Crippen LogP contribution in [-0.2, 0) is 10.5 Å². The quantitative estimate of drug-likeness (QED) is 0.161. The molecule has 0 saturated heterocycles. The van der Waals surface area contributed by atoms with Gasteiger partial charge in [0.1, 0.15) is 11.6 Å². The van der Waals surface area contributed by atoms with Crippen LogP contribution in [0.3, 0.4) is 0 Å². The van der Waals surface area contributed by atoms with Gasteiger partial charge in [0, 0.05) is 5.75 Å². The van der Waals surface area contributed by atoms with Crippen molar-refractivity contribution in [2.75, 3.05) is 12.0 Å². The van der Waals surface area contributed by atoms with E-state index in [4.69, 9.17) is 4.74 Å². The number of nitrogens with zero attached hydrogens (tertiary/aromatic N) is 4. The van der Waals surface area contributed by atoms with E-state index in [1.165, 1.54) is 41.2 Å². The first kappa shape index (κ1) is 26.0. The third kappa shape index (κ3) is 4.82. The van der Waals surface area contributed by atoms with E-state index in [1.807, 2.05) is 0 Å². The molecule has 38 heavy (non-hydrogen) atoms. The van der Waals surface area contributed by atoms with E-state index in [0.717, 1.165) is 11.3 Å². The highest BCUT2D eigenvalue weighted by atomic mass is 32.2. The number of aryl methyl sites for hydroxylation is 2. The zero-order chi connectivity index (χ0) is 27.0. The second-order valence-electron chi connectivity index (χ2n) is 8.32. The summed E-state index contributed by atoms with van der Waals surface area (Å²) in [6.45, 7) is 3.51. The van der Waals surface area contributed by atoms with Gasteiger partial charge in [0.15, 0.2) is 10.1 Å². The summed E-state index contributed by atoms with van der Waals surface area (Å²) in [5, 5.41) is 20.2. The lowest BCUT2D eigenvalue weighted by Crippen LogP contribution is -2.31. The van der Waals surface area contributed by atoms with Crippen molar-refractivity contribution < 1.29 is 23.8 Å². The molecule has 0 fully saturated rings. The fraction of sp³-hybridized carbons (Fsp3) is 0.192. The normalized spacial score (nSPS) is 15.4. The van der Waals surface area contributed by atoms with Crippen LogP contribution in [-0.4, -0.2) is 39.1 Å². The lowest BCUT2D eigenvalue weighted by atomic mass is 9.95. The number of Topliss-reactive ketones (excluding diaryl/α,β-unsaturated/α-hetero) is 1. The Morgan fingerprint density at radius 1 is 1.13 bits per heavy atom. The maximum atomic E-state index is 14.0. The average molecular weight is 569 g/mol. The van der Waals surface area contributed by atoms with E-state index >= 15 is 0 Å². The van der Waals surface area contributed by atoms with Crippen LogP contribution in [0.15, 0.2) is 64.2 Å². The van der Waals surface area contributed by atoms with Crippen molar-refractivity contribution in [3.8, 4) is 5.75 Å². The van der Waals surface area contributed by atoms with Crippen molar-refractivity contribution in [3.63, 3.8) is 0 Å². The molecular formula is C26H21FN4O4S3. The minimum absolute atomic E-state index is 0.0531. The maximum absolute atomic E-state index is 14.0. The number of hydrogen-bond acceptors (Lipinski definition) is 10. The molecule has 1 N–H and O–H groups in total. The maximum Gasteiger partial charge on any atom is 0.296 e. The molecule has 1 aliphatic heterocycles. The minimum Gasteiger partial charge on any atom is -0.503 e. The number of methoxy groups -OCH3 is 1. The SMILES string of the molecule is COc1ccc(C2C(C(=O)c3sc(C)nc3C)=C(O)C(=O)N2c2nnc(SCc3ccccc3F)s2)cc1. The molecule has 0 aliphatic carbocycles. The number of aromatic nitrogens is 3. The molecule has 194 valence electrons. The Balaban J connectivity index is 1.52. The molecule has 2 aromatic heterocycles. The minimum atomic E-state index is -0.944. The van der Waals surface area contributed by atoms with Gasteiger partial charge in [0.25, 0.3) is 5.91 Å². The summed E-state index contributed by atoms with van der Waals surface area (Å²) in [6, 6.07) is 12.4. The lowest BCUT2D eigenvalue weighted by Gasteiger charge is -2.24. The summed E-state index contributed by atoms with van der Waals surface area (Å²) in [6.07, 6.45) is 0. The van der Waals surface area contributed by atoms with Gasteiger partial charge in [0.2, 0.25) is 10.9 Å². The summed E-state index contributed by atoms with van der Waals surface area (Å²) >= 11 is 3.61. The third-order valence-electron chi connectivity index (χ3n) is 5.90. The number of carbonyl (C=O) groups excluding carboxylic acids is 2. The van der Waals surface area contributed by atoms with Crippen molar-refractivity contribution in [2.24, 2.45) is 0 Å². The van der Waals surface area contributed by atoms with Gasteiger partial charge in [0.05, 0.1) is 34.3 Å². The van der Waals surface area contributed by atoms with Crippen molar-refractivity contribution in [2.45, 2.75) is 30.0 Å². The zero-order valence-electron chi connectivity index (χ0n) is 20.5. The second kappa shape index (κ2) is 10.6. The number of thiazole rings is 1. The summed E-state index contributed by atoms with van der Waals surface area (Å²) in [5.74, 6) is -1.26. The van der Waals surface area contributed by atoms with E-state index in [9.17, 15) is 19.1 Å². The van der Waals surface area contributed by atoms with E-state index in [-0.39, 0.29) is 16.5 Å². The highest BCUT2D eigenvalue weighted by Crippen LogP contribution is 2.44. The molecule has 3 heterocycles. The number of hydrogen-bond donors (Lipinski definition) is 1. The van der Waals surface area contributed by atoms with E-state index in [1.54, 1.807) is 56.3 Å². The molecular weight excluding hydrogens is 548 g/mol. The number of carbonyl (C=O) groups is 2. The Labute approximate surface area is 229 Å². The van der Waals surface area contributed by atoms with Gasteiger partial charge in [-0.3, -0.25) is 14.5 Å². The van der Waals surface area contributed by atoms with Crippen molar-refractivity contribution in [3.05, 3.63) is 92.4 Å². The molecule has 1 unspecified atom stereocenters. The number of aliphatic hydroxyl groups excluding tert-OH is 1. The van der Waals surface area contributed by atoms with Gasteiger partial charge in [-0.15, -0.1) is 21.5 Å². The molecule has 0 bridgehead atoms. The first-order chi connectivity index (χ1) is 18.3. The highest BCUT2D eigenvalue weighted by molar-refractivity contribution is 8.00. The fourth-order valence-electron chi connectivity index (χ4n) is 4.11. The smallest absolute Gasteiger partial charge is 0.296 e. The van der Waals surface area contributed by atoms with Crippen LogP contribution in [0.4, 0.5) is 9.52 Å². The van der Waals surface area contributed by atoms with Gasteiger partial charge in [-0.05, 0) is 43.2 Å². The molecule has 2 aromatic carbocycles. The molecule has 8 nitrogen and oxygen atoms in total. The number of rotatable bonds is 8. The summed E-state index contributed by atoms with van der Waals surface area (Å²) < 4.78 is 19.8. The van der Waals surface area contributed by atoms with Gasteiger partial charge >= 0.3 is 0 Å². The molecule has 1 amide bonds. The molecule has 12 heteroatoms. The van der Waals surface area contributed by atoms with Gasteiger partial charge in [-0.1, -0.05) is 53.4 Å². The Hall–Kier alpha value is -3.61. The van der Waals surface area contributed by atoms with Crippen molar-refractivity contribution in [1.29, 1.82) is 0 Å². The van der Waals surface area contributed by atoms with Gasteiger partial charge in [-0.25, -0.2) is 9.37 Å². The number of aliphatic hydroxyl groups is 1. The number of ether oxygens (including phenoxy) is 1. The molecule has 5 rings (SSSR count). The van der Waals surface area contributed by atoms with Crippen molar-refractivity contribution >= 4 is 51.3 Å².